The van der Waals surface area contributed by atoms with Crippen LogP contribution in [0.15, 0.2) is 24.3 Å². The number of benzene rings is 1. The maximum atomic E-state index is 13.4. The summed E-state index contributed by atoms with van der Waals surface area (Å²) in [5, 5.41) is 9.20. The second kappa shape index (κ2) is 8.64. The SMILES string of the molecule is O=C(O)C1CCCN(S(=O)(=O)N2CCCN(Cc3cccc(F)c3)CC2)C1. The van der Waals surface area contributed by atoms with Gasteiger partial charge >= 0.3 is 5.97 Å². The van der Waals surface area contributed by atoms with E-state index in [1.54, 1.807) is 6.07 Å². The number of carboxylic acid groups (broad SMARTS) is 1. The first-order valence-corrected chi connectivity index (χ1v) is 10.7. The number of halogens is 1. The molecule has 0 aliphatic carbocycles. The predicted molar refractivity (Wildman–Crippen MR) is 98.7 cm³/mol. The summed E-state index contributed by atoms with van der Waals surface area (Å²) in [5.41, 5.74) is 0.867. The van der Waals surface area contributed by atoms with Crippen molar-refractivity contribution in [1.29, 1.82) is 0 Å². The molecule has 150 valence electrons. The van der Waals surface area contributed by atoms with Gasteiger partial charge in [0.25, 0.3) is 10.2 Å². The molecule has 7 nitrogen and oxygen atoms in total. The van der Waals surface area contributed by atoms with Crippen LogP contribution < -0.4 is 0 Å². The lowest BCUT2D eigenvalue weighted by Gasteiger charge is -2.33. The average molecular weight is 399 g/mol. The Kier molecular flexibility index (Phi) is 6.46. The minimum absolute atomic E-state index is 0.0428. The van der Waals surface area contributed by atoms with Gasteiger partial charge in [0.1, 0.15) is 5.82 Å². The zero-order valence-electron chi connectivity index (χ0n) is 15.3. The van der Waals surface area contributed by atoms with Crippen molar-refractivity contribution in [2.24, 2.45) is 5.92 Å². The van der Waals surface area contributed by atoms with E-state index in [-0.39, 0.29) is 12.4 Å². The van der Waals surface area contributed by atoms with Gasteiger partial charge in [-0.3, -0.25) is 9.69 Å². The first-order valence-electron chi connectivity index (χ1n) is 9.31. The smallest absolute Gasteiger partial charge is 0.307 e. The molecule has 2 fully saturated rings. The molecular weight excluding hydrogens is 373 g/mol. The van der Waals surface area contributed by atoms with Crippen LogP contribution in [0.3, 0.4) is 0 Å². The fourth-order valence-electron chi connectivity index (χ4n) is 3.75. The molecule has 2 saturated heterocycles. The molecule has 0 amide bonds. The molecule has 1 aromatic rings. The molecule has 27 heavy (non-hydrogen) atoms. The van der Waals surface area contributed by atoms with Crippen LogP contribution in [-0.4, -0.2) is 72.3 Å². The molecule has 0 bridgehead atoms. The molecule has 2 aliphatic rings. The quantitative estimate of drug-likeness (QED) is 0.809. The standard InChI is InChI=1S/C18H26FN3O4S/c19-17-6-1-4-15(12-17)13-20-7-3-9-21(11-10-20)27(25,26)22-8-2-5-16(14-22)18(23)24/h1,4,6,12,16H,2-3,5,7-11,13-14H2,(H,23,24). The first-order chi connectivity index (χ1) is 12.9. The van der Waals surface area contributed by atoms with Crippen LogP contribution in [0.1, 0.15) is 24.8 Å². The van der Waals surface area contributed by atoms with Crippen LogP contribution in [0.4, 0.5) is 4.39 Å². The van der Waals surface area contributed by atoms with E-state index in [2.05, 4.69) is 4.90 Å². The van der Waals surface area contributed by atoms with Gasteiger partial charge in [0.15, 0.2) is 0 Å². The third kappa shape index (κ3) is 5.04. The van der Waals surface area contributed by atoms with Gasteiger partial charge in [0, 0.05) is 39.3 Å². The Hall–Kier alpha value is -1.55. The zero-order valence-corrected chi connectivity index (χ0v) is 16.1. The molecule has 0 saturated carbocycles. The topological polar surface area (TPSA) is 81.2 Å². The second-order valence-electron chi connectivity index (χ2n) is 7.20. The number of piperidine rings is 1. The molecule has 2 aliphatic heterocycles. The molecule has 1 unspecified atom stereocenters. The maximum Gasteiger partial charge on any atom is 0.307 e. The van der Waals surface area contributed by atoms with Crippen molar-refractivity contribution in [3.63, 3.8) is 0 Å². The summed E-state index contributed by atoms with van der Waals surface area (Å²) in [5.74, 6) is -1.85. The number of carbonyl (C=O) groups is 1. The van der Waals surface area contributed by atoms with Crippen LogP contribution in [-0.2, 0) is 21.5 Å². The van der Waals surface area contributed by atoms with E-state index in [9.17, 15) is 22.7 Å². The summed E-state index contributed by atoms with van der Waals surface area (Å²) in [6, 6.07) is 6.44. The summed E-state index contributed by atoms with van der Waals surface area (Å²) in [4.78, 5) is 13.4. The number of nitrogens with zero attached hydrogens (tertiary/aromatic N) is 3. The highest BCUT2D eigenvalue weighted by molar-refractivity contribution is 7.86. The Morgan fingerprint density at radius 3 is 2.63 bits per heavy atom. The van der Waals surface area contributed by atoms with E-state index in [0.29, 0.717) is 52.0 Å². The third-order valence-electron chi connectivity index (χ3n) is 5.23. The van der Waals surface area contributed by atoms with Crippen molar-refractivity contribution in [3.05, 3.63) is 35.6 Å². The van der Waals surface area contributed by atoms with Gasteiger partial charge in [-0.1, -0.05) is 12.1 Å². The van der Waals surface area contributed by atoms with Gasteiger partial charge in [-0.15, -0.1) is 0 Å². The summed E-state index contributed by atoms with van der Waals surface area (Å²) in [6.07, 6.45) is 1.77. The minimum Gasteiger partial charge on any atom is -0.481 e. The lowest BCUT2D eigenvalue weighted by atomic mass is 10.0. The summed E-state index contributed by atoms with van der Waals surface area (Å²) in [6.45, 7) is 3.06. The molecule has 0 aromatic heterocycles. The van der Waals surface area contributed by atoms with Gasteiger partial charge in [-0.25, -0.2) is 4.39 Å². The number of hydrogen-bond acceptors (Lipinski definition) is 4. The fourth-order valence-corrected chi connectivity index (χ4v) is 5.47. The van der Waals surface area contributed by atoms with Crippen LogP contribution in [0, 0.1) is 11.7 Å². The Bertz CT molecular complexity index is 774. The second-order valence-corrected chi connectivity index (χ2v) is 9.13. The van der Waals surface area contributed by atoms with Gasteiger partial charge in [0.05, 0.1) is 5.92 Å². The predicted octanol–water partition coefficient (Wildman–Crippen LogP) is 1.37. The summed E-state index contributed by atoms with van der Waals surface area (Å²) >= 11 is 0. The van der Waals surface area contributed by atoms with Gasteiger partial charge in [-0.2, -0.15) is 17.0 Å². The molecular formula is C18H26FN3O4S. The van der Waals surface area contributed by atoms with E-state index < -0.39 is 22.1 Å². The van der Waals surface area contributed by atoms with E-state index >= 15 is 0 Å². The highest BCUT2D eigenvalue weighted by Gasteiger charge is 2.36. The summed E-state index contributed by atoms with van der Waals surface area (Å²) in [7, 11) is -3.66. The number of aliphatic carboxylic acids is 1. The van der Waals surface area contributed by atoms with Crippen LogP contribution in [0.2, 0.25) is 0 Å². The normalized spacial score (nSPS) is 23.8. The van der Waals surface area contributed by atoms with Crippen molar-refractivity contribution in [2.75, 3.05) is 39.3 Å². The summed E-state index contributed by atoms with van der Waals surface area (Å²) < 4.78 is 42.1. The van der Waals surface area contributed by atoms with Gasteiger partial charge in [0.2, 0.25) is 0 Å². The molecule has 2 heterocycles. The Morgan fingerprint density at radius 2 is 1.89 bits per heavy atom. The molecule has 9 heteroatoms. The molecule has 3 rings (SSSR count). The molecule has 1 aromatic carbocycles. The molecule has 1 atom stereocenters. The van der Waals surface area contributed by atoms with Gasteiger partial charge in [-0.05, 0) is 43.5 Å². The monoisotopic (exact) mass is 399 g/mol. The van der Waals surface area contributed by atoms with Gasteiger partial charge < -0.3 is 5.11 Å². The largest absolute Gasteiger partial charge is 0.481 e. The van der Waals surface area contributed by atoms with Crippen molar-refractivity contribution in [1.82, 2.24) is 13.5 Å². The Balaban J connectivity index is 1.62. The van der Waals surface area contributed by atoms with Crippen molar-refractivity contribution in [3.8, 4) is 0 Å². The van der Waals surface area contributed by atoms with E-state index in [0.717, 1.165) is 12.1 Å². The minimum atomic E-state index is -3.66. The van der Waals surface area contributed by atoms with Crippen LogP contribution in [0.5, 0.6) is 0 Å². The van der Waals surface area contributed by atoms with Crippen molar-refractivity contribution < 1.29 is 22.7 Å². The van der Waals surface area contributed by atoms with Crippen LogP contribution in [0.25, 0.3) is 0 Å². The molecule has 1 N–H and O–H groups in total. The number of rotatable bonds is 5. The van der Waals surface area contributed by atoms with E-state index in [1.807, 2.05) is 6.07 Å². The lowest BCUT2D eigenvalue weighted by Crippen LogP contribution is -2.50. The van der Waals surface area contributed by atoms with Crippen molar-refractivity contribution in [2.45, 2.75) is 25.8 Å². The third-order valence-corrected chi connectivity index (χ3v) is 7.23. The average Bonchev–Trinajstić information content (AvgIpc) is 2.88. The highest BCUT2D eigenvalue weighted by Crippen LogP contribution is 2.22. The Morgan fingerprint density at radius 1 is 1.11 bits per heavy atom. The number of carboxylic acids is 1. The Labute approximate surface area is 159 Å². The highest BCUT2D eigenvalue weighted by atomic mass is 32.2. The zero-order chi connectivity index (χ0) is 19.4. The first kappa shape index (κ1) is 20.2. The van der Waals surface area contributed by atoms with Crippen LogP contribution >= 0.6 is 0 Å². The number of hydrogen-bond donors (Lipinski definition) is 1. The van der Waals surface area contributed by atoms with E-state index in [1.165, 1.54) is 20.7 Å². The fraction of sp³-hybridized carbons (Fsp3) is 0.611. The molecule has 0 spiro atoms. The lowest BCUT2D eigenvalue weighted by molar-refractivity contribution is -0.142. The van der Waals surface area contributed by atoms with E-state index in [4.69, 9.17) is 0 Å². The molecule has 0 radical (unpaired) electrons. The van der Waals surface area contributed by atoms with Crippen molar-refractivity contribution >= 4 is 16.2 Å². The maximum absolute atomic E-state index is 13.4.